The molecule has 0 bridgehead atoms. The fraction of sp³-hybridized carbons (Fsp3) is 0.250. The van der Waals surface area contributed by atoms with Gasteiger partial charge in [0.25, 0.3) is 0 Å². The van der Waals surface area contributed by atoms with Crippen molar-refractivity contribution in [3.05, 3.63) is 69.8 Å². The highest BCUT2D eigenvalue weighted by Crippen LogP contribution is 2.27. The summed E-state index contributed by atoms with van der Waals surface area (Å²) in [5.41, 5.74) is 10.6. The normalized spacial score (nSPS) is 12.5. The molecule has 2 aromatic rings. The largest absolute Gasteiger partial charge is 0.320 e. The van der Waals surface area contributed by atoms with Crippen molar-refractivity contribution in [2.24, 2.45) is 5.73 Å². The Balaban J connectivity index is 2.49. The smallest absolute Gasteiger partial charge is 0.131 e. The third-order valence-electron chi connectivity index (χ3n) is 3.51. The molecular weight excluding hydrogens is 244 g/mol. The minimum atomic E-state index is -0.606. The van der Waals surface area contributed by atoms with Gasteiger partial charge >= 0.3 is 0 Å². The van der Waals surface area contributed by atoms with Crippen LogP contribution in [0.4, 0.5) is 8.78 Å². The summed E-state index contributed by atoms with van der Waals surface area (Å²) in [5.74, 6) is -1.20. The van der Waals surface area contributed by atoms with E-state index in [0.29, 0.717) is 5.56 Å². The van der Waals surface area contributed by atoms with Gasteiger partial charge < -0.3 is 5.73 Å². The molecule has 2 rings (SSSR count). The first-order valence-corrected chi connectivity index (χ1v) is 6.18. The lowest BCUT2D eigenvalue weighted by Gasteiger charge is -2.18. The summed E-state index contributed by atoms with van der Waals surface area (Å²) in [5, 5.41) is 0. The third kappa shape index (κ3) is 2.66. The van der Waals surface area contributed by atoms with Crippen LogP contribution in [0.25, 0.3) is 0 Å². The third-order valence-corrected chi connectivity index (χ3v) is 3.51. The van der Waals surface area contributed by atoms with Crippen molar-refractivity contribution in [1.29, 1.82) is 0 Å². The quantitative estimate of drug-likeness (QED) is 0.870. The van der Waals surface area contributed by atoms with E-state index in [9.17, 15) is 8.78 Å². The minimum Gasteiger partial charge on any atom is -0.320 e. The molecular formula is C16H17F2N. The molecule has 0 aliphatic rings. The van der Waals surface area contributed by atoms with Crippen LogP contribution in [0.15, 0.2) is 30.3 Å². The van der Waals surface area contributed by atoms with E-state index in [4.69, 9.17) is 5.73 Å². The molecule has 0 saturated carbocycles. The van der Waals surface area contributed by atoms with E-state index in [1.165, 1.54) is 17.7 Å². The van der Waals surface area contributed by atoms with Crippen molar-refractivity contribution in [1.82, 2.24) is 0 Å². The average molecular weight is 261 g/mol. The number of aryl methyl sites for hydroxylation is 3. The maximum Gasteiger partial charge on any atom is 0.131 e. The molecule has 0 aliphatic heterocycles. The molecule has 0 heterocycles. The highest BCUT2D eigenvalue weighted by atomic mass is 19.1. The van der Waals surface area contributed by atoms with Crippen LogP contribution in [0.1, 0.15) is 33.9 Å². The summed E-state index contributed by atoms with van der Waals surface area (Å²) in [6.45, 7) is 5.96. The first-order valence-electron chi connectivity index (χ1n) is 6.18. The highest BCUT2D eigenvalue weighted by Gasteiger charge is 2.16. The zero-order chi connectivity index (χ0) is 14.2. The molecule has 0 aromatic heterocycles. The lowest BCUT2D eigenvalue weighted by atomic mass is 9.92. The molecule has 1 atom stereocenters. The van der Waals surface area contributed by atoms with Gasteiger partial charge in [0.1, 0.15) is 11.6 Å². The van der Waals surface area contributed by atoms with Crippen LogP contribution in [0.3, 0.4) is 0 Å². The Morgan fingerprint density at radius 3 is 2.11 bits per heavy atom. The topological polar surface area (TPSA) is 26.0 Å². The van der Waals surface area contributed by atoms with Gasteiger partial charge in [0.05, 0.1) is 6.04 Å². The number of hydrogen-bond donors (Lipinski definition) is 1. The lowest BCUT2D eigenvalue weighted by Crippen LogP contribution is -2.15. The molecule has 1 unspecified atom stereocenters. The zero-order valence-corrected chi connectivity index (χ0v) is 11.3. The summed E-state index contributed by atoms with van der Waals surface area (Å²) in [7, 11) is 0. The molecule has 0 saturated heterocycles. The van der Waals surface area contributed by atoms with Gasteiger partial charge in [-0.15, -0.1) is 0 Å². The van der Waals surface area contributed by atoms with Gasteiger partial charge in [-0.05, 0) is 49.1 Å². The van der Waals surface area contributed by atoms with Crippen LogP contribution in [0.5, 0.6) is 0 Å². The van der Waals surface area contributed by atoms with Crippen LogP contribution in [-0.4, -0.2) is 0 Å². The Morgan fingerprint density at radius 2 is 1.47 bits per heavy atom. The molecule has 0 spiro atoms. The van der Waals surface area contributed by atoms with E-state index in [0.717, 1.165) is 22.8 Å². The Labute approximate surface area is 112 Å². The fourth-order valence-electron chi connectivity index (χ4n) is 2.24. The predicted octanol–water partition coefficient (Wildman–Crippen LogP) is 3.94. The summed E-state index contributed by atoms with van der Waals surface area (Å²) in [4.78, 5) is 0. The Hall–Kier alpha value is -1.74. The van der Waals surface area contributed by atoms with E-state index in [1.807, 2.05) is 32.9 Å². The maximum absolute atomic E-state index is 13.8. The van der Waals surface area contributed by atoms with Crippen LogP contribution < -0.4 is 5.73 Å². The highest BCUT2D eigenvalue weighted by molar-refractivity contribution is 5.42. The SMILES string of the molecule is Cc1cc(C)c(C(N)c2ccc(F)cc2F)cc1C. The molecule has 0 aliphatic carbocycles. The number of hydrogen-bond acceptors (Lipinski definition) is 1. The first kappa shape index (κ1) is 13.7. The Bertz CT molecular complexity index is 620. The summed E-state index contributed by atoms with van der Waals surface area (Å²) < 4.78 is 26.7. The van der Waals surface area contributed by atoms with E-state index >= 15 is 0 Å². The van der Waals surface area contributed by atoms with Crippen molar-refractivity contribution < 1.29 is 8.78 Å². The zero-order valence-electron chi connectivity index (χ0n) is 11.3. The fourth-order valence-corrected chi connectivity index (χ4v) is 2.24. The van der Waals surface area contributed by atoms with Gasteiger partial charge in [0.15, 0.2) is 0 Å². The maximum atomic E-state index is 13.8. The molecule has 0 fully saturated rings. The van der Waals surface area contributed by atoms with Crippen molar-refractivity contribution >= 4 is 0 Å². The number of halogens is 2. The van der Waals surface area contributed by atoms with E-state index < -0.39 is 17.7 Å². The van der Waals surface area contributed by atoms with Crippen LogP contribution in [0, 0.1) is 32.4 Å². The van der Waals surface area contributed by atoms with E-state index in [1.54, 1.807) is 0 Å². The second-order valence-electron chi connectivity index (χ2n) is 4.94. The summed E-state index contributed by atoms with van der Waals surface area (Å²) >= 11 is 0. The molecule has 0 amide bonds. The first-order chi connectivity index (χ1) is 8.90. The Kier molecular flexibility index (Phi) is 3.67. The van der Waals surface area contributed by atoms with Crippen molar-refractivity contribution in [2.45, 2.75) is 26.8 Å². The van der Waals surface area contributed by atoms with Crippen LogP contribution >= 0.6 is 0 Å². The van der Waals surface area contributed by atoms with E-state index in [2.05, 4.69) is 0 Å². The standard InChI is InChI=1S/C16H17F2N/c1-9-6-11(3)14(7-10(9)2)16(19)13-5-4-12(17)8-15(13)18/h4-8,16H,19H2,1-3H3. The monoisotopic (exact) mass is 261 g/mol. The lowest BCUT2D eigenvalue weighted by molar-refractivity contribution is 0.565. The van der Waals surface area contributed by atoms with Gasteiger partial charge in [-0.3, -0.25) is 0 Å². The molecule has 3 heteroatoms. The predicted molar refractivity (Wildman–Crippen MR) is 73.0 cm³/mol. The van der Waals surface area contributed by atoms with Gasteiger partial charge in [-0.1, -0.05) is 18.2 Å². The molecule has 2 N–H and O–H groups in total. The van der Waals surface area contributed by atoms with Gasteiger partial charge in [-0.25, -0.2) is 8.78 Å². The Morgan fingerprint density at radius 1 is 0.842 bits per heavy atom. The number of nitrogens with two attached hydrogens (primary N) is 1. The van der Waals surface area contributed by atoms with Gasteiger partial charge in [0.2, 0.25) is 0 Å². The second-order valence-corrected chi connectivity index (χ2v) is 4.94. The summed E-state index contributed by atoms with van der Waals surface area (Å²) in [6, 6.07) is 6.92. The summed E-state index contributed by atoms with van der Waals surface area (Å²) in [6.07, 6.45) is 0. The van der Waals surface area contributed by atoms with Crippen molar-refractivity contribution in [3.63, 3.8) is 0 Å². The van der Waals surface area contributed by atoms with Crippen molar-refractivity contribution in [3.8, 4) is 0 Å². The molecule has 0 radical (unpaired) electrons. The average Bonchev–Trinajstić information content (AvgIpc) is 2.33. The van der Waals surface area contributed by atoms with Crippen LogP contribution in [-0.2, 0) is 0 Å². The minimum absolute atomic E-state index is 0.313. The number of benzene rings is 2. The molecule has 1 nitrogen and oxygen atoms in total. The van der Waals surface area contributed by atoms with E-state index in [-0.39, 0.29) is 0 Å². The van der Waals surface area contributed by atoms with Gasteiger partial charge in [-0.2, -0.15) is 0 Å². The van der Waals surface area contributed by atoms with Crippen LogP contribution in [0.2, 0.25) is 0 Å². The van der Waals surface area contributed by atoms with Gasteiger partial charge in [0, 0.05) is 11.6 Å². The molecule has 2 aromatic carbocycles. The second kappa shape index (κ2) is 5.10. The molecule has 100 valence electrons. The number of rotatable bonds is 2. The van der Waals surface area contributed by atoms with Crippen molar-refractivity contribution in [2.75, 3.05) is 0 Å². The molecule has 19 heavy (non-hydrogen) atoms.